The highest BCUT2D eigenvalue weighted by Gasteiger charge is 2.22. The van der Waals surface area contributed by atoms with Crippen molar-refractivity contribution in [3.63, 3.8) is 0 Å². The van der Waals surface area contributed by atoms with E-state index in [0.717, 1.165) is 28.9 Å². The number of thiazole rings is 1. The summed E-state index contributed by atoms with van der Waals surface area (Å²) < 4.78 is 0. The van der Waals surface area contributed by atoms with Crippen molar-refractivity contribution in [2.45, 2.75) is 26.3 Å². The predicted octanol–water partition coefficient (Wildman–Crippen LogP) is 2.32. The molecule has 4 nitrogen and oxygen atoms in total. The van der Waals surface area contributed by atoms with Crippen LogP contribution < -0.4 is 10.2 Å². The van der Waals surface area contributed by atoms with Crippen LogP contribution in [0.5, 0.6) is 0 Å². The first-order valence-corrected chi connectivity index (χ1v) is 8.27. The lowest BCUT2D eigenvalue weighted by Crippen LogP contribution is -2.42. The van der Waals surface area contributed by atoms with Gasteiger partial charge in [0, 0.05) is 42.4 Å². The van der Waals surface area contributed by atoms with E-state index in [-0.39, 0.29) is 18.3 Å². The Balaban J connectivity index is 0.00000180. The zero-order chi connectivity index (χ0) is 13.0. The van der Waals surface area contributed by atoms with Crippen molar-refractivity contribution in [2.24, 2.45) is 0 Å². The van der Waals surface area contributed by atoms with Crippen LogP contribution >= 0.6 is 35.5 Å². The maximum absolute atomic E-state index is 12.3. The fourth-order valence-corrected chi connectivity index (χ4v) is 3.79. The molecular formula is C12H20ClN3OS2. The Bertz CT molecular complexity index is 407. The normalized spacial score (nSPS) is 18.7. The van der Waals surface area contributed by atoms with Crippen molar-refractivity contribution in [1.82, 2.24) is 10.3 Å². The molecule has 2 heterocycles. The van der Waals surface area contributed by atoms with Gasteiger partial charge in [-0.15, -0.1) is 23.7 Å². The molecule has 1 fully saturated rings. The van der Waals surface area contributed by atoms with Gasteiger partial charge in [-0.2, -0.15) is 11.8 Å². The molecule has 7 heteroatoms. The molecule has 19 heavy (non-hydrogen) atoms. The van der Waals surface area contributed by atoms with Gasteiger partial charge in [0.15, 0.2) is 5.13 Å². The molecule has 1 aliphatic heterocycles. The minimum Gasteiger partial charge on any atom is -0.312 e. The van der Waals surface area contributed by atoms with Crippen LogP contribution in [-0.2, 0) is 4.79 Å². The second-order valence-electron chi connectivity index (χ2n) is 4.34. The van der Waals surface area contributed by atoms with Gasteiger partial charge in [0.2, 0.25) is 5.91 Å². The van der Waals surface area contributed by atoms with E-state index in [1.807, 2.05) is 31.0 Å². The number of hydrogen-bond acceptors (Lipinski definition) is 5. The Kier molecular flexibility index (Phi) is 7.13. The van der Waals surface area contributed by atoms with E-state index in [9.17, 15) is 4.79 Å². The molecule has 0 spiro atoms. The van der Waals surface area contributed by atoms with E-state index in [2.05, 4.69) is 10.3 Å². The number of carbonyl (C=O) groups is 1. The quantitative estimate of drug-likeness (QED) is 0.924. The molecule has 1 unspecified atom stereocenters. The number of rotatable bonds is 4. The molecule has 0 aliphatic carbocycles. The van der Waals surface area contributed by atoms with Crippen LogP contribution in [-0.4, -0.2) is 41.5 Å². The van der Waals surface area contributed by atoms with E-state index < -0.39 is 0 Å². The fourth-order valence-electron chi connectivity index (χ4n) is 1.96. The highest BCUT2D eigenvalue weighted by Crippen LogP contribution is 2.21. The molecule has 0 bridgehead atoms. The number of carbonyl (C=O) groups excluding carboxylic acids is 1. The lowest BCUT2D eigenvalue weighted by Gasteiger charge is -2.25. The van der Waals surface area contributed by atoms with Crippen LogP contribution in [0.2, 0.25) is 0 Å². The van der Waals surface area contributed by atoms with Crippen LogP contribution in [0.3, 0.4) is 0 Å². The smallest absolute Gasteiger partial charge is 0.230 e. The molecule has 1 N–H and O–H groups in total. The summed E-state index contributed by atoms with van der Waals surface area (Å²) in [5, 5.41) is 6.21. The Morgan fingerprint density at radius 2 is 2.42 bits per heavy atom. The summed E-state index contributed by atoms with van der Waals surface area (Å²) in [5.74, 6) is 2.35. The summed E-state index contributed by atoms with van der Waals surface area (Å²) in [7, 11) is 0. The second kappa shape index (κ2) is 8.09. The highest BCUT2D eigenvalue weighted by atomic mass is 35.5. The molecule has 1 atom stereocenters. The zero-order valence-corrected chi connectivity index (χ0v) is 13.7. The molecular weight excluding hydrogens is 302 g/mol. The first-order valence-electron chi connectivity index (χ1n) is 6.24. The van der Waals surface area contributed by atoms with Gasteiger partial charge in [-0.05, 0) is 13.8 Å². The van der Waals surface area contributed by atoms with Gasteiger partial charge in [0.1, 0.15) is 0 Å². The van der Waals surface area contributed by atoms with E-state index in [0.29, 0.717) is 19.0 Å². The summed E-state index contributed by atoms with van der Waals surface area (Å²) in [6.07, 6.45) is 0.569. The topological polar surface area (TPSA) is 45.2 Å². The molecule has 2 rings (SSSR count). The average Bonchev–Trinajstić information content (AvgIpc) is 2.78. The summed E-state index contributed by atoms with van der Waals surface area (Å²) in [6.45, 7) is 5.64. The van der Waals surface area contributed by atoms with E-state index in [1.165, 1.54) is 0 Å². The molecule has 0 aromatic carbocycles. The molecule has 0 saturated carbocycles. The minimum absolute atomic E-state index is 0. The Morgan fingerprint density at radius 3 is 2.95 bits per heavy atom. The molecule has 1 amide bonds. The predicted molar refractivity (Wildman–Crippen MR) is 85.9 cm³/mol. The standard InChI is InChI=1S/C12H19N3OS2.ClH/c1-3-15(12-14-9(2)7-18-12)11(16)6-10-8-17-5-4-13-10;/h7,10,13H,3-6,8H2,1-2H3;1H. The number of nitrogens with one attached hydrogen (secondary N) is 1. The summed E-state index contributed by atoms with van der Waals surface area (Å²) in [4.78, 5) is 18.5. The highest BCUT2D eigenvalue weighted by molar-refractivity contribution is 7.99. The van der Waals surface area contributed by atoms with Crippen molar-refractivity contribution in [3.8, 4) is 0 Å². The second-order valence-corrected chi connectivity index (χ2v) is 6.33. The third-order valence-corrected chi connectivity index (χ3v) is 4.99. The van der Waals surface area contributed by atoms with Gasteiger partial charge < -0.3 is 5.32 Å². The zero-order valence-electron chi connectivity index (χ0n) is 11.2. The Hall–Kier alpha value is -0.300. The molecule has 1 aromatic rings. The van der Waals surface area contributed by atoms with Crippen molar-refractivity contribution in [2.75, 3.05) is 29.5 Å². The van der Waals surface area contributed by atoms with Crippen LogP contribution in [0.15, 0.2) is 5.38 Å². The van der Waals surface area contributed by atoms with Gasteiger partial charge in [-0.25, -0.2) is 4.98 Å². The Morgan fingerprint density at radius 1 is 1.63 bits per heavy atom. The number of halogens is 1. The van der Waals surface area contributed by atoms with Gasteiger partial charge in [0.25, 0.3) is 0 Å². The van der Waals surface area contributed by atoms with Crippen molar-refractivity contribution < 1.29 is 4.79 Å². The number of anilines is 1. The van der Waals surface area contributed by atoms with Crippen molar-refractivity contribution in [1.29, 1.82) is 0 Å². The maximum Gasteiger partial charge on any atom is 0.230 e. The van der Waals surface area contributed by atoms with Crippen LogP contribution in [0, 0.1) is 6.92 Å². The summed E-state index contributed by atoms with van der Waals surface area (Å²) in [6, 6.07) is 0.311. The SMILES string of the molecule is CCN(C(=O)CC1CSCCN1)c1nc(C)cs1.Cl. The van der Waals surface area contributed by atoms with E-state index in [4.69, 9.17) is 0 Å². The molecule has 1 aromatic heterocycles. The first-order chi connectivity index (χ1) is 8.70. The third kappa shape index (κ3) is 4.63. The number of amides is 1. The number of thioether (sulfide) groups is 1. The minimum atomic E-state index is 0. The number of aryl methyl sites for hydroxylation is 1. The van der Waals surface area contributed by atoms with Crippen LogP contribution in [0.1, 0.15) is 19.0 Å². The van der Waals surface area contributed by atoms with Gasteiger partial charge in [-0.3, -0.25) is 9.69 Å². The monoisotopic (exact) mass is 321 g/mol. The first kappa shape index (κ1) is 16.8. The van der Waals surface area contributed by atoms with E-state index >= 15 is 0 Å². The number of nitrogens with zero attached hydrogens (tertiary/aromatic N) is 2. The average molecular weight is 322 g/mol. The summed E-state index contributed by atoms with van der Waals surface area (Å²) >= 11 is 3.46. The molecule has 1 aliphatic rings. The number of hydrogen-bond donors (Lipinski definition) is 1. The lowest BCUT2D eigenvalue weighted by molar-refractivity contribution is -0.118. The Labute approximate surface area is 128 Å². The fraction of sp³-hybridized carbons (Fsp3) is 0.667. The van der Waals surface area contributed by atoms with Crippen LogP contribution in [0.4, 0.5) is 5.13 Å². The van der Waals surface area contributed by atoms with E-state index in [1.54, 1.807) is 16.2 Å². The van der Waals surface area contributed by atoms with Crippen molar-refractivity contribution in [3.05, 3.63) is 11.1 Å². The molecule has 0 radical (unpaired) electrons. The van der Waals surface area contributed by atoms with Gasteiger partial charge >= 0.3 is 0 Å². The lowest BCUT2D eigenvalue weighted by atomic mass is 10.2. The van der Waals surface area contributed by atoms with Crippen LogP contribution in [0.25, 0.3) is 0 Å². The molecule has 1 saturated heterocycles. The maximum atomic E-state index is 12.3. The summed E-state index contributed by atoms with van der Waals surface area (Å²) in [5.41, 5.74) is 0.979. The largest absolute Gasteiger partial charge is 0.312 e. The third-order valence-electron chi connectivity index (χ3n) is 2.87. The van der Waals surface area contributed by atoms with Gasteiger partial charge in [0.05, 0.1) is 5.69 Å². The molecule has 108 valence electrons. The number of aromatic nitrogens is 1. The van der Waals surface area contributed by atoms with Crippen molar-refractivity contribution >= 4 is 46.5 Å². The van der Waals surface area contributed by atoms with Gasteiger partial charge in [-0.1, -0.05) is 0 Å².